The molecule has 1 saturated heterocycles. The zero-order valence-corrected chi connectivity index (χ0v) is 15.9. The van der Waals surface area contributed by atoms with Crippen molar-refractivity contribution in [2.24, 2.45) is 11.8 Å². The van der Waals surface area contributed by atoms with Gasteiger partial charge >= 0.3 is 6.18 Å². The van der Waals surface area contributed by atoms with Crippen LogP contribution in [0.5, 0.6) is 0 Å². The Morgan fingerprint density at radius 3 is 2.14 bits per heavy atom. The molecule has 154 valence electrons. The van der Waals surface area contributed by atoms with Crippen molar-refractivity contribution in [2.75, 3.05) is 19.6 Å². The van der Waals surface area contributed by atoms with Crippen LogP contribution in [0.3, 0.4) is 0 Å². The van der Waals surface area contributed by atoms with Crippen LogP contribution in [0.1, 0.15) is 48.9 Å². The Morgan fingerprint density at radius 1 is 0.964 bits per heavy atom. The number of nitrogens with zero attached hydrogens (tertiary/aromatic N) is 1. The standard InChI is InChI=1S/C21H27F3N2O2/c22-21(23,24)17-6-8-18(9-7-17)25-19(27)14-26-12-10-16(11-13-26)20(28)15-4-2-1-3-5-15/h1-5,16-18H,6-14H2,(H,25,27). The SMILES string of the molecule is O=C(CN1CCC(C(=O)c2ccccc2)CC1)NC1CCC(C(F)(F)F)CC1. The van der Waals surface area contributed by atoms with E-state index in [-0.39, 0.29) is 43.0 Å². The topological polar surface area (TPSA) is 49.4 Å². The summed E-state index contributed by atoms with van der Waals surface area (Å²) in [6.07, 6.45) is -1.76. The lowest BCUT2D eigenvalue weighted by molar-refractivity contribution is -0.182. The smallest absolute Gasteiger partial charge is 0.352 e. The van der Waals surface area contributed by atoms with Gasteiger partial charge in [0.05, 0.1) is 12.5 Å². The van der Waals surface area contributed by atoms with Crippen molar-refractivity contribution in [3.05, 3.63) is 35.9 Å². The summed E-state index contributed by atoms with van der Waals surface area (Å²) >= 11 is 0. The van der Waals surface area contributed by atoms with E-state index in [1.54, 1.807) is 0 Å². The third-order valence-corrected chi connectivity index (χ3v) is 5.94. The van der Waals surface area contributed by atoms with Crippen LogP contribution >= 0.6 is 0 Å². The number of ketones is 1. The van der Waals surface area contributed by atoms with Crippen LogP contribution in [0.15, 0.2) is 30.3 Å². The number of likely N-dealkylation sites (tertiary alicyclic amines) is 1. The van der Waals surface area contributed by atoms with E-state index in [4.69, 9.17) is 0 Å². The van der Waals surface area contributed by atoms with Crippen molar-refractivity contribution in [2.45, 2.75) is 50.7 Å². The van der Waals surface area contributed by atoms with Crippen molar-refractivity contribution in [3.63, 3.8) is 0 Å². The van der Waals surface area contributed by atoms with Crippen LogP contribution in [0, 0.1) is 11.8 Å². The highest BCUT2D eigenvalue weighted by Gasteiger charge is 2.41. The first-order chi connectivity index (χ1) is 13.3. The molecule has 2 aliphatic rings. The molecular weight excluding hydrogens is 369 g/mol. The van der Waals surface area contributed by atoms with E-state index >= 15 is 0 Å². The lowest BCUT2D eigenvalue weighted by Crippen LogP contribution is -2.46. The second kappa shape index (κ2) is 9.07. The largest absolute Gasteiger partial charge is 0.391 e. The van der Waals surface area contributed by atoms with Crippen LogP contribution in [0.2, 0.25) is 0 Å². The summed E-state index contributed by atoms with van der Waals surface area (Å²) in [6.45, 7) is 1.60. The molecular formula is C21H27F3N2O2. The van der Waals surface area contributed by atoms with Gasteiger partial charge in [-0.2, -0.15) is 13.2 Å². The maximum absolute atomic E-state index is 12.7. The van der Waals surface area contributed by atoms with Crippen molar-refractivity contribution >= 4 is 11.7 Å². The molecule has 3 rings (SSSR count). The minimum absolute atomic E-state index is 0.0145. The fourth-order valence-electron chi connectivity index (χ4n) is 4.23. The van der Waals surface area contributed by atoms with Gasteiger partial charge in [-0.15, -0.1) is 0 Å². The molecule has 0 unspecified atom stereocenters. The van der Waals surface area contributed by atoms with Crippen LogP contribution in [0.25, 0.3) is 0 Å². The maximum atomic E-state index is 12.7. The molecule has 2 fully saturated rings. The van der Waals surface area contributed by atoms with Crippen molar-refractivity contribution < 1.29 is 22.8 Å². The number of hydrogen-bond acceptors (Lipinski definition) is 3. The van der Waals surface area contributed by atoms with E-state index in [9.17, 15) is 22.8 Å². The number of alkyl halides is 3. The first-order valence-corrected chi connectivity index (χ1v) is 10.0. The van der Waals surface area contributed by atoms with Gasteiger partial charge in [-0.1, -0.05) is 30.3 Å². The number of Topliss-reactive ketones (excluding diaryl/α,β-unsaturated/α-hetero) is 1. The molecule has 1 aromatic carbocycles. The predicted octanol–water partition coefficient (Wildman–Crippen LogP) is 3.82. The van der Waals surface area contributed by atoms with Crippen LogP contribution in [-0.4, -0.2) is 48.4 Å². The van der Waals surface area contributed by atoms with Gasteiger partial charge in [0, 0.05) is 17.5 Å². The lowest BCUT2D eigenvalue weighted by Gasteiger charge is -2.33. The Labute approximate surface area is 163 Å². The Bertz CT molecular complexity index is 662. The number of benzene rings is 1. The Morgan fingerprint density at radius 2 is 1.57 bits per heavy atom. The summed E-state index contributed by atoms with van der Waals surface area (Å²) in [5, 5.41) is 2.88. The first-order valence-electron chi connectivity index (χ1n) is 10.0. The quantitative estimate of drug-likeness (QED) is 0.770. The van der Waals surface area contributed by atoms with Crippen molar-refractivity contribution in [1.82, 2.24) is 10.2 Å². The monoisotopic (exact) mass is 396 g/mol. The van der Waals surface area contributed by atoms with E-state index in [0.29, 0.717) is 25.9 Å². The molecule has 1 aliphatic heterocycles. The highest BCUT2D eigenvalue weighted by Crippen LogP contribution is 2.37. The number of nitrogens with one attached hydrogen (secondary N) is 1. The van der Waals surface area contributed by atoms with Crippen LogP contribution in [-0.2, 0) is 4.79 Å². The minimum atomic E-state index is -4.13. The number of rotatable bonds is 5. The zero-order valence-electron chi connectivity index (χ0n) is 15.9. The number of hydrogen-bond donors (Lipinski definition) is 1. The van der Waals surface area contributed by atoms with Crippen molar-refractivity contribution in [1.29, 1.82) is 0 Å². The number of amides is 1. The lowest BCUT2D eigenvalue weighted by atomic mass is 9.85. The third-order valence-electron chi connectivity index (χ3n) is 5.94. The molecule has 1 saturated carbocycles. The summed E-state index contributed by atoms with van der Waals surface area (Å²) in [4.78, 5) is 26.8. The molecule has 1 amide bonds. The fourth-order valence-corrected chi connectivity index (χ4v) is 4.23. The summed E-state index contributed by atoms with van der Waals surface area (Å²) < 4.78 is 38.2. The molecule has 7 heteroatoms. The molecule has 4 nitrogen and oxygen atoms in total. The maximum Gasteiger partial charge on any atom is 0.391 e. The molecule has 1 heterocycles. The molecule has 0 aromatic heterocycles. The van der Waals surface area contributed by atoms with Gasteiger partial charge in [-0.3, -0.25) is 14.5 Å². The highest BCUT2D eigenvalue weighted by atomic mass is 19.4. The highest BCUT2D eigenvalue weighted by molar-refractivity contribution is 5.97. The minimum Gasteiger partial charge on any atom is -0.352 e. The first kappa shape index (κ1) is 20.8. The summed E-state index contributed by atoms with van der Waals surface area (Å²) in [5.74, 6) is -1.23. The second-order valence-corrected chi connectivity index (χ2v) is 7.94. The Hall–Kier alpha value is -1.89. The van der Waals surface area contributed by atoms with Crippen LogP contribution < -0.4 is 5.32 Å². The molecule has 0 bridgehead atoms. The number of carbonyl (C=O) groups excluding carboxylic acids is 2. The van der Waals surface area contributed by atoms with E-state index in [0.717, 1.165) is 18.4 Å². The van der Waals surface area contributed by atoms with Gasteiger partial charge in [0.2, 0.25) is 5.91 Å². The molecule has 1 N–H and O–H groups in total. The molecule has 1 aliphatic carbocycles. The predicted molar refractivity (Wildman–Crippen MR) is 99.9 cm³/mol. The molecule has 1 aromatic rings. The number of halogens is 3. The summed E-state index contributed by atoms with van der Waals surface area (Å²) in [7, 11) is 0. The average molecular weight is 396 g/mol. The van der Waals surface area contributed by atoms with E-state index in [2.05, 4.69) is 5.32 Å². The average Bonchev–Trinajstić information content (AvgIpc) is 2.68. The van der Waals surface area contributed by atoms with Gasteiger partial charge in [-0.05, 0) is 51.6 Å². The Kier molecular flexibility index (Phi) is 6.75. The molecule has 0 radical (unpaired) electrons. The van der Waals surface area contributed by atoms with Crippen LogP contribution in [0.4, 0.5) is 13.2 Å². The summed E-state index contributed by atoms with van der Waals surface area (Å²) in [6, 6.07) is 9.09. The summed E-state index contributed by atoms with van der Waals surface area (Å²) in [5.41, 5.74) is 0.730. The molecule has 0 spiro atoms. The van der Waals surface area contributed by atoms with Gasteiger partial charge in [0.25, 0.3) is 0 Å². The molecule has 0 atom stereocenters. The van der Waals surface area contributed by atoms with Gasteiger partial charge < -0.3 is 5.32 Å². The Balaban J connectivity index is 1.38. The number of carbonyl (C=O) groups is 2. The van der Waals surface area contributed by atoms with Gasteiger partial charge in [0.1, 0.15) is 0 Å². The van der Waals surface area contributed by atoms with Gasteiger partial charge in [-0.25, -0.2) is 0 Å². The molecule has 28 heavy (non-hydrogen) atoms. The normalized spacial score (nSPS) is 24.7. The van der Waals surface area contributed by atoms with E-state index in [1.165, 1.54) is 0 Å². The third kappa shape index (κ3) is 5.56. The second-order valence-electron chi connectivity index (χ2n) is 7.94. The van der Waals surface area contributed by atoms with E-state index < -0.39 is 12.1 Å². The van der Waals surface area contributed by atoms with Crippen molar-refractivity contribution in [3.8, 4) is 0 Å². The number of piperidine rings is 1. The van der Waals surface area contributed by atoms with E-state index in [1.807, 2.05) is 35.2 Å². The zero-order chi connectivity index (χ0) is 20.1. The fraction of sp³-hybridized carbons (Fsp3) is 0.619. The van der Waals surface area contributed by atoms with Gasteiger partial charge in [0.15, 0.2) is 5.78 Å².